The highest BCUT2D eigenvalue weighted by Crippen LogP contribution is 2.54. The fraction of sp³-hybridized carbons (Fsp3) is 0.350. The Morgan fingerprint density at radius 3 is 2.81 bits per heavy atom. The van der Waals surface area contributed by atoms with Gasteiger partial charge in [0.1, 0.15) is 16.7 Å². The number of allylic oxidation sites excluding steroid dienone is 1. The van der Waals surface area contributed by atoms with Gasteiger partial charge in [0.05, 0.1) is 12.2 Å². The van der Waals surface area contributed by atoms with E-state index in [2.05, 4.69) is 5.32 Å². The van der Waals surface area contributed by atoms with Crippen molar-refractivity contribution >= 4 is 23.3 Å². The highest BCUT2D eigenvalue weighted by atomic mass is 16.5. The molecule has 7 heteroatoms. The standard InChI is InChI=1S/C20H20N2O5/c1-3-26-18(24)16-17(21)27-14-9-10(2)8-13(23)15(14)20(16)11-6-4-5-7-12(11)22-19(20)25/h4-7,10H,3,8-9,21H2,1-2H3,(H,22,25)/t10-,20+/m1/s1. The van der Waals surface area contributed by atoms with Crippen LogP contribution in [0, 0.1) is 5.92 Å². The summed E-state index contributed by atoms with van der Waals surface area (Å²) in [5.74, 6) is -1.25. The Balaban J connectivity index is 2.06. The molecule has 4 rings (SSSR count). The van der Waals surface area contributed by atoms with Crippen LogP contribution < -0.4 is 11.1 Å². The SMILES string of the molecule is CCOC(=O)C1=C(N)OC2=C(C(=O)C[C@@H](C)C2)[C@]12C(=O)Nc1ccccc12. The number of hydrogen-bond donors (Lipinski definition) is 2. The maximum Gasteiger partial charge on any atom is 0.341 e. The van der Waals surface area contributed by atoms with E-state index in [1.165, 1.54) is 0 Å². The average molecular weight is 368 g/mol. The first-order valence-electron chi connectivity index (χ1n) is 8.94. The van der Waals surface area contributed by atoms with Crippen LogP contribution in [0.2, 0.25) is 0 Å². The summed E-state index contributed by atoms with van der Waals surface area (Å²) in [6, 6.07) is 6.98. The number of ketones is 1. The van der Waals surface area contributed by atoms with Crippen molar-refractivity contribution < 1.29 is 23.9 Å². The van der Waals surface area contributed by atoms with Gasteiger partial charge < -0.3 is 20.5 Å². The number of nitrogens with one attached hydrogen (secondary N) is 1. The number of carbonyl (C=O) groups excluding carboxylic acids is 3. The summed E-state index contributed by atoms with van der Waals surface area (Å²) in [6.45, 7) is 3.69. The highest BCUT2D eigenvalue weighted by molar-refractivity contribution is 6.22. The van der Waals surface area contributed by atoms with Crippen LogP contribution in [-0.4, -0.2) is 24.3 Å². The van der Waals surface area contributed by atoms with Crippen molar-refractivity contribution in [3.05, 3.63) is 52.6 Å². The molecule has 2 aliphatic heterocycles. The van der Waals surface area contributed by atoms with Gasteiger partial charge in [-0.1, -0.05) is 25.1 Å². The lowest BCUT2D eigenvalue weighted by Crippen LogP contribution is -2.49. The van der Waals surface area contributed by atoms with Gasteiger partial charge in [0.2, 0.25) is 11.8 Å². The van der Waals surface area contributed by atoms with Crippen LogP contribution in [0.15, 0.2) is 47.1 Å². The van der Waals surface area contributed by atoms with E-state index in [1.54, 1.807) is 31.2 Å². The molecule has 1 aliphatic carbocycles. The number of nitrogens with two attached hydrogens (primary N) is 1. The molecule has 2 atom stereocenters. The van der Waals surface area contributed by atoms with Gasteiger partial charge in [-0.2, -0.15) is 0 Å². The Hall–Kier alpha value is -3.09. The number of rotatable bonds is 2. The smallest absolute Gasteiger partial charge is 0.341 e. The minimum atomic E-state index is -1.64. The number of amides is 1. The molecule has 1 aromatic carbocycles. The molecule has 3 aliphatic rings. The third-order valence-electron chi connectivity index (χ3n) is 5.25. The molecule has 0 aromatic heterocycles. The third-order valence-corrected chi connectivity index (χ3v) is 5.25. The monoisotopic (exact) mass is 368 g/mol. The number of carbonyl (C=O) groups is 3. The van der Waals surface area contributed by atoms with Crippen molar-refractivity contribution in [1.82, 2.24) is 0 Å². The molecule has 0 saturated heterocycles. The Morgan fingerprint density at radius 1 is 1.33 bits per heavy atom. The van der Waals surface area contributed by atoms with Gasteiger partial charge in [-0.25, -0.2) is 4.79 Å². The van der Waals surface area contributed by atoms with Gasteiger partial charge in [0, 0.05) is 24.1 Å². The first-order valence-corrected chi connectivity index (χ1v) is 8.94. The van der Waals surface area contributed by atoms with Crippen molar-refractivity contribution in [3.63, 3.8) is 0 Å². The van der Waals surface area contributed by atoms with Crippen LogP contribution in [0.4, 0.5) is 5.69 Å². The summed E-state index contributed by atoms with van der Waals surface area (Å²) in [4.78, 5) is 39.2. The van der Waals surface area contributed by atoms with Gasteiger partial charge >= 0.3 is 5.97 Å². The molecule has 2 heterocycles. The third kappa shape index (κ3) is 2.24. The molecule has 0 unspecified atom stereocenters. The number of Topliss-reactive ketones (excluding diaryl/α,β-unsaturated/α-hetero) is 1. The van der Waals surface area contributed by atoms with E-state index >= 15 is 0 Å². The van der Waals surface area contributed by atoms with Gasteiger partial charge in [-0.3, -0.25) is 9.59 Å². The molecule has 1 spiro atoms. The Morgan fingerprint density at radius 2 is 2.07 bits per heavy atom. The maximum atomic E-state index is 13.3. The van der Waals surface area contributed by atoms with Crippen LogP contribution in [0.25, 0.3) is 0 Å². The predicted octanol–water partition coefficient (Wildman–Crippen LogP) is 1.89. The fourth-order valence-corrected chi connectivity index (χ4v) is 4.28. The van der Waals surface area contributed by atoms with Crippen LogP contribution in [0.3, 0.4) is 0 Å². The number of esters is 1. The normalized spacial score (nSPS) is 26.5. The van der Waals surface area contributed by atoms with Crippen molar-refractivity contribution in [2.45, 2.75) is 32.1 Å². The fourth-order valence-electron chi connectivity index (χ4n) is 4.28. The van der Waals surface area contributed by atoms with Crippen LogP contribution >= 0.6 is 0 Å². The summed E-state index contributed by atoms with van der Waals surface area (Å²) < 4.78 is 10.9. The second kappa shape index (κ2) is 5.97. The largest absolute Gasteiger partial charge is 0.462 e. The topological polar surface area (TPSA) is 108 Å². The van der Waals surface area contributed by atoms with Crippen LogP contribution in [0.1, 0.15) is 32.3 Å². The summed E-state index contributed by atoms with van der Waals surface area (Å²) in [7, 11) is 0. The number of ether oxygens (including phenoxy) is 2. The molecule has 7 nitrogen and oxygen atoms in total. The van der Waals surface area contributed by atoms with E-state index in [4.69, 9.17) is 15.2 Å². The summed E-state index contributed by atoms with van der Waals surface area (Å²) in [5, 5.41) is 2.79. The molecule has 1 amide bonds. The van der Waals surface area contributed by atoms with Crippen molar-refractivity contribution in [1.29, 1.82) is 0 Å². The first kappa shape index (κ1) is 17.3. The molecule has 0 saturated carbocycles. The number of benzene rings is 1. The zero-order valence-corrected chi connectivity index (χ0v) is 15.1. The molecular weight excluding hydrogens is 348 g/mol. The minimum absolute atomic E-state index is 0.0601. The molecule has 0 fully saturated rings. The number of para-hydroxylation sites is 1. The molecule has 0 bridgehead atoms. The predicted molar refractivity (Wildman–Crippen MR) is 96.1 cm³/mol. The summed E-state index contributed by atoms with van der Waals surface area (Å²) in [5.41, 5.74) is 5.59. The number of hydrogen-bond acceptors (Lipinski definition) is 6. The van der Waals surface area contributed by atoms with E-state index in [0.29, 0.717) is 23.4 Å². The lowest BCUT2D eigenvalue weighted by atomic mass is 9.64. The van der Waals surface area contributed by atoms with Gasteiger partial charge in [-0.15, -0.1) is 0 Å². The Kier molecular flexibility index (Phi) is 3.83. The Labute approximate surface area is 156 Å². The molecule has 3 N–H and O–H groups in total. The summed E-state index contributed by atoms with van der Waals surface area (Å²) >= 11 is 0. The minimum Gasteiger partial charge on any atom is -0.462 e. The summed E-state index contributed by atoms with van der Waals surface area (Å²) in [6.07, 6.45) is 0.741. The van der Waals surface area contributed by atoms with E-state index in [1.807, 2.05) is 6.92 Å². The molecule has 27 heavy (non-hydrogen) atoms. The van der Waals surface area contributed by atoms with Gasteiger partial charge in [-0.05, 0) is 18.9 Å². The van der Waals surface area contributed by atoms with Gasteiger partial charge in [0.15, 0.2) is 5.78 Å². The maximum absolute atomic E-state index is 13.3. The zero-order chi connectivity index (χ0) is 19.3. The highest BCUT2D eigenvalue weighted by Gasteiger charge is 2.61. The molecule has 0 radical (unpaired) electrons. The second-order valence-electron chi connectivity index (χ2n) is 7.05. The van der Waals surface area contributed by atoms with Gasteiger partial charge in [0.25, 0.3) is 0 Å². The number of fused-ring (bicyclic) bond motifs is 3. The van der Waals surface area contributed by atoms with Crippen molar-refractivity contribution in [3.8, 4) is 0 Å². The van der Waals surface area contributed by atoms with E-state index < -0.39 is 17.3 Å². The lowest BCUT2D eigenvalue weighted by molar-refractivity contribution is -0.141. The van der Waals surface area contributed by atoms with Crippen molar-refractivity contribution in [2.75, 3.05) is 11.9 Å². The van der Waals surface area contributed by atoms with Crippen LogP contribution in [0.5, 0.6) is 0 Å². The molecule has 140 valence electrons. The average Bonchev–Trinajstić information content (AvgIpc) is 2.87. The zero-order valence-electron chi connectivity index (χ0n) is 15.1. The lowest BCUT2D eigenvalue weighted by Gasteiger charge is -2.39. The van der Waals surface area contributed by atoms with Crippen molar-refractivity contribution in [2.24, 2.45) is 11.7 Å². The van der Waals surface area contributed by atoms with Crippen LogP contribution in [-0.2, 0) is 29.3 Å². The van der Waals surface area contributed by atoms with E-state index in [0.717, 1.165) is 0 Å². The first-order chi connectivity index (χ1) is 12.9. The number of anilines is 1. The molecular formula is C20H20N2O5. The van der Waals surface area contributed by atoms with E-state index in [9.17, 15) is 14.4 Å². The van der Waals surface area contributed by atoms with E-state index in [-0.39, 0.29) is 41.8 Å². The second-order valence-corrected chi connectivity index (χ2v) is 7.05. The molecule has 1 aromatic rings. The Bertz CT molecular complexity index is 945. The quantitative estimate of drug-likeness (QED) is 0.772.